The molecule has 100 valence electrons. The van der Waals surface area contributed by atoms with E-state index in [2.05, 4.69) is 45.9 Å². The topological polar surface area (TPSA) is 63.3 Å². The van der Waals surface area contributed by atoms with E-state index in [0.29, 0.717) is 11.8 Å². The molecule has 0 heterocycles. The van der Waals surface area contributed by atoms with Crippen LogP contribution in [-0.4, -0.2) is 11.1 Å². The molecule has 0 aliphatic heterocycles. The Bertz CT molecular complexity index is 425. The van der Waals surface area contributed by atoms with E-state index in [1.165, 1.54) is 5.56 Å². The first-order valence-corrected chi connectivity index (χ1v) is 6.44. The third kappa shape index (κ3) is 3.57. The van der Waals surface area contributed by atoms with Crippen LogP contribution in [0.4, 0.5) is 0 Å². The molecule has 0 saturated heterocycles. The van der Waals surface area contributed by atoms with Crippen LogP contribution in [0.25, 0.3) is 0 Å². The largest absolute Gasteiger partial charge is 0.481 e. The van der Waals surface area contributed by atoms with Crippen molar-refractivity contribution in [2.75, 3.05) is 0 Å². The van der Waals surface area contributed by atoms with Gasteiger partial charge in [-0.3, -0.25) is 4.79 Å². The number of hydrogen-bond donors (Lipinski definition) is 2. The molecule has 1 unspecified atom stereocenters. The van der Waals surface area contributed by atoms with Crippen molar-refractivity contribution in [3.05, 3.63) is 34.9 Å². The lowest BCUT2D eigenvalue weighted by atomic mass is 9.88. The highest BCUT2D eigenvalue weighted by Gasteiger charge is 2.17. The van der Waals surface area contributed by atoms with Crippen molar-refractivity contribution in [2.24, 2.45) is 5.73 Å². The molecule has 3 heteroatoms. The van der Waals surface area contributed by atoms with Crippen LogP contribution >= 0.6 is 0 Å². The standard InChI is InChI=1S/C15H23NO2/c1-9(2)11-5-6-12(10(3)4)13(7-11)14(16)8-15(17)18/h5-7,9-10,14H,8,16H2,1-4H3,(H,17,18). The monoisotopic (exact) mass is 249 g/mol. The summed E-state index contributed by atoms with van der Waals surface area (Å²) in [5.41, 5.74) is 9.34. The summed E-state index contributed by atoms with van der Waals surface area (Å²) in [5, 5.41) is 8.87. The summed E-state index contributed by atoms with van der Waals surface area (Å²) in [6.07, 6.45) is -0.0265. The molecule has 0 aliphatic carbocycles. The molecule has 1 atom stereocenters. The zero-order chi connectivity index (χ0) is 13.9. The smallest absolute Gasteiger partial charge is 0.305 e. The second-order valence-electron chi connectivity index (χ2n) is 5.40. The van der Waals surface area contributed by atoms with Gasteiger partial charge in [0.15, 0.2) is 0 Å². The van der Waals surface area contributed by atoms with Crippen LogP contribution < -0.4 is 5.73 Å². The van der Waals surface area contributed by atoms with E-state index < -0.39 is 12.0 Å². The summed E-state index contributed by atoms with van der Waals surface area (Å²) < 4.78 is 0. The van der Waals surface area contributed by atoms with Gasteiger partial charge in [0.25, 0.3) is 0 Å². The highest BCUT2D eigenvalue weighted by molar-refractivity contribution is 5.68. The van der Waals surface area contributed by atoms with Crippen LogP contribution in [0.15, 0.2) is 18.2 Å². The Balaban J connectivity index is 3.18. The molecule has 1 rings (SSSR count). The fourth-order valence-electron chi connectivity index (χ4n) is 2.10. The molecule has 1 aromatic carbocycles. The van der Waals surface area contributed by atoms with Crippen LogP contribution in [0.2, 0.25) is 0 Å². The Hall–Kier alpha value is -1.35. The van der Waals surface area contributed by atoms with Gasteiger partial charge in [-0.2, -0.15) is 0 Å². The molecule has 0 radical (unpaired) electrons. The van der Waals surface area contributed by atoms with E-state index in [1.54, 1.807) is 0 Å². The van der Waals surface area contributed by atoms with Gasteiger partial charge in [0, 0.05) is 6.04 Å². The van der Waals surface area contributed by atoms with Gasteiger partial charge in [-0.05, 0) is 28.5 Å². The van der Waals surface area contributed by atoms with Gasteiger partial charge >= 0.3 is 5.97 Å². The number of hydrogen-bond acceptors (Lipinski definition) is 2. The van der Waals surface area contributed by atoms with Crippen LogP contribution in [-0.2, 0) is 4.79 Å². The SMILES string of the molecule is CC(C)c1ccc(C(C)C)c(C(N)CC(=O)O)c1. The zero-order valence-electron chi connectivity index (χ0n) is 11.6. The van der Waals surface area contributed by atoms with E-state index in [0.717, 1.165) is 11.1 Å². The molecule has 0 amide bonds. The molecule has 0 aromatic heterocycles. The molecule has 0 spiro atoms. The Morgan fingerprint density at radius 2 is 1.78 bits per heavy atom. The number of benzene rings is 1. The summed E-state index contributed by atoms with van der Waals surface area (Å²) in [5.74, 6) is -0.0878. The van der Waals surface area contributed by atoms with Crippen molar-refractivity contribution >= 4 is 5.97 Å². The Labute approximate surface area is 109 Å². The van der Waals surface area contributed by atoms with Crippen LogP contribution in [0.1, 0.15) is 68.7 Å². The van der Waals surface area contributed by atoms with Crippen molar-refractivity contribution in [3.63, 3.8) is 0 Å². The second kappa shape index (κ2) is 6.01. The van der Waals surface area contributed by atoms with Gasteiger partial charge in [-0.1, -0.05) is 45.9 Å². The maximum absolute atomic E-state index is 10.8. The maximum Gasteiger partial charge on any atom is 0.305 e. The summed E-state index contributed by atoms with van der Waals surface area (Å²) >= 11 is 0. The van der Waals surface area contributed by atoms with Crippen LogP contribution in [0.3, 0.4) is 0 Å². The lowest BCUT2D eigenvalue weighted by molar-refractivity contribution is -0.137. The number of nitrogens with two attached hydrogens (primary N) is 1. The fraction of sp³-hybridized carbons (Fsp3) is 0.533. The van der Waals surface area contributed by atoms with Gasteiger partial charge in [0.2, 0.25) is 0 Å². The van der Waals surface area contributed by atoms with Gasteiger partial charge < -0.3 is 10.8 Å². The van der Waals surface area contributed by atoms with Gasteiger partial charge in [-0.15, -0.1) is 0 Å². The summed E-state index contributed by atoms with van der Waals surface area (Å²) in [6, 6.07) is 5.82. The fourth-order valence-corrected chi connectivity index (χ4v) is 2.10. The first kappa shape index (κ1) is 14.7. The van der Waals surface area contributed by atoms with Crippen molar-refractivity contribution in [3.8, 4) is 0 Å². The van der Waals surface area contributed by atoms with E-state index >= 15 is 0 Å². The normalized spacial score (nSPS) is 13.1. The Morgan fingerprint density at radius 3 is 2.22 bits per heavy atom. The molecule has 3 N–H and O–H groups in total. The quantitative estimate of drug-likeness (QED) is 0.840. The number of aliphatic carboxylic acids is 1. The Morgan fingerprint density at radius 1 is 1.17 bits per heavy atom. The van der Waals surface area contributed by atoms with E-state index in [-0.39, 0.29) is 6.42 Å². The van der Waals surface area contributed by atoms with Crippen molar-refractivity contribution in [1.82, 2.24) is 0 Å². The van der Waals surface area contributed by atoms with E-state index in [4.69, 9.17) is 10.8 Å². The lowest BCUT2D eigenvalue weighted by Gasteiger charge is -2.20. The number of carbonyl (C=O) groups is 1. The van der Waals surface area contributed by atoms with E-state index in [1.807, 2.05) is 0 Å². The van der Waals surface area contributed by atoms with Crippen molar-refractivity contribution < 1.29 is 9.90 Å². The second-order valence-corrected chi connectivity index (χ2v) is 5.40. The third-order valence-corrected chi connectivity index (χ3v) is 3.19. The van der Waals surface area contributed by atoms with Gasteiger partial charge in [-0.25, -0.2) is 0 Å². The molecule has 3 nitrogen and oxygen atoms in total. The lowest BCUT2D eigenvalue weighted by Crippen LogP contribution is -2.17. The molecule has 0 fully saturated rings. The van der Waals surface area contributed by atoms with Crippen LogP contribution in [0.5, 0.6) is 0 Å². The van der Waals surface area contributed by atoms with Crippen LogP contribution in [0, 0.1) is 0 Å². The van der Waals surface area contributed by atoms with Gasteiger partial charge in [0.1, 0.15) is 0 Å². The maximum atomic E-state index is 10.8. The predicted octanol–water partition coefficient (Wildman–Crippen LogP) is 3.41. The minimum atomic E-state index is -0.854. The number of carboxylic acids is 1. The molecule has 18 heavy (non-hydrogen) atoms. The minimum Gasteiger partial charge on any atom is -0.481 e. The number of carboxylic acid groups (broad SMARTS) is 1. The highest BCUT2D eigenvalue weighted by atomic mass is 16.4. The molecule has 1 aromatic rings. The number of rotatable bonds is 5. The molecular formula is C15H23NO2. The zero-order valence-corrected chi connectivity index (χ0v) is 11.6. The summed E-state index contributed by atoms with van der Waals surface area (Å²) in [6.45, 7) is 8.44. The first-order chi connectivity index (χ1) is 8.32. The van der Waals surface area contributed by atoms with Crippen molar-refractivity contribution in [2.45, 2.75) is 52.0 Å². The third-order valence-electron chi connectivity index (χ3n) is 3.19. The average molecular weight is 249 g/mol. The molecule has 0 bridgehead atoms. The minimum absolute atomic E-state index is 0.0265. The average Bonchev–Trinajstić information content (AvgIpc) is 2.26. The van der Waals surface area contributed by atoms with Crippen molar-refractivity contribution in [1.29, 1.82) is 0 Å². The first-order valence-electron chi connectivity index (χ1n) is 6.44. The molecule has 0 aliphatic rings. The summed E-state index contributed by atoms with van der Waals surface area (Å²) in [4.78, 5) is 10.8. The molecular weight excluding hydrogens is 226 g/mol. The van der Waals surface area contributed by atoms with Gasteiger partial charge in [0.05, 0.1) is 6.42 Å². The predicted molar refractivity (Wildman–Crippen MR) is 73.8 cm³/mol. The van der Waals surface area contributed by atoms with E-state index in [9.17, 15) is 4.79 Å². The highest BCUT2D eigenvalue weighted by Crippen LogP contribution is 2.29. The molecule has 0 saturated carbocycles. The Kier molecular flexibility index (Phi) is 4.91. The summed E-state index contributed by atoms with van der Waals surface area (Å²) in [7, 11) is 0.